The third-order valence-corrected chi connectivity index (χ3v) is 2.84. The number of hydrogen-bond acceptors (Lipinski definition) is 3. The van der Waals surface area contributed by atoms with E-state index in [4.69, 9.17) is 9.47 Å². The number of ketones is 1. The van der Waals surface area contributed by atoms with E-state index in [-0.39, 0.29) is 12.2 Å². The van der Waals surface area contributed by atoms with E-state index < -0.39 is 11.6 Å². The molecule has 21 heavy (non-hydrogen) atoms. The maximum Gasteiger partial charge on any atom is 0.203 e. The molecule has 0 bridgehead atoms. The van der Waals surface area contributed by atoms with Gasteiger partial charge in [-0.1, -0.05) is 31.2 Å². The Balaban J connectivity index is 2.03. The average Bonchev–Trinajstić information content (AvgIpc) is 2.52. The van der Waals surface area contributed by atoms with Gasteiger partial charge in [0.15, 0.2) is 18.1 Å². The summed E-state index contributed by atoms with van der Waals surface area (Å²) in [6.45, 7) is 2.35. The van der Waals surface area contributed by atoms with Crippen molar-refractivity contribution in [2.24, 2.45) is 0 Å². The van der Waals surface area contributed by atoms with Crippen LogP contribution in [0.25, 0.3) is 0 Å². The first-order chi connectivity index (χ1) is 10.2. The Hall–Kier alpha value is -2.36. The molecule has 2 aromatic carbocycles. The third kappa shape index (κ3) is 4.05. The zero-order valence-corrected chi connectivity index (χ0v) is 11.8. The normalized spacial score (nSPS) is 10.2. The first kappa shape index (κ1) is 15.0. The standard InChI is InChI=1S/C17H17FO3/c1-2-11-20-16-9-5-6-10-17(16)21-12-15(19)13-7-3-4-8-14(13)18/h3-10H,2,11-12H2,1H3. The molecule has 110 valence electrons. The molecule has 0 aliphatic heterocycles. The summed E-state index contributed by atoms with van der Waals surface area (Å²) in [5.74, 6) is 0.122. The van der Waals surface area contributed by atoms with Crippen LogP contribution >= 0.6 is 0 Å². The van der Waals surface area contributed by atoms with E-state index in [1.165, 1.54) is 12.1 Å². The zero-order chi connectivity index (χ0) is 15.1. The average molecular weight is 288 g/mol. The lowest BCUT2D eigenvalue weighted by atomic mass is 10.1. The van der Waals surface area contributed by atoms with Gasteiger partial charge in [-0.15, -0.1) is 0 Å². The molecule has 0 radical (unpaired) electrons. The second-order valence-electron chi connectivity index (χ2n) is 4.49. The highest BCUT2D eigenvalue weighted by atomic mass is 19.1. The molecule has 2 rings (SSSR count). The highest BCUT2D eigenvalue weighted by Gasteiger charge is 2.13. The minimum Gasteiger partial charge on any atom is -0.490 e. The van der Waals surface area contributed by atoms with Crippen LogP contribution in [0.4, 0.5) is 4.39 Å². The highest BCUT2D eigenvalue weighted by molar-refractivity contribution is 5.97. The highest BCUT2D eigenvalue weighted by Crippen LogP contribution is 2.26. The van der Waals surface area contributed by atoms with Gasteiger partial charge in [-0.05, 0) is 30.7 Å². The summed E-state index contributed by atoms with van der Waals surface area (Å²) in [5, 5.41) is 0. The number of carbonyl (C=O) groups is 1. The molecule has 0 heterocycles. The van der Waals surface area contributed by atoms with Gasteiger partial charge in [-0.3, -0.25) is 4.79 Å². The Morgan fingerprint density at radius 3 is 2.29 bits per heavy atom. The first-order valence-electron chi connectivity index (χ1n) is 6.84. The van der Waals surface area contributed by atoms with E-state index in [0.29, 0.717) is 18.1 Å². The molecule has 0 fully saturated rings. The van der Waals surface area contributed by atoms with Crippen molar-refractivity contribution in [1.29, 1.82) is 0 Å². The van der Waals surface area contributed by atoms with Gasteiger partial charge in [0.05, 0.1) is 12.2 Å². The number of halogens is 1. The van der Waals surface area contributed by atoms with Crippen LogP contribution < -0.4 is 9.47 Å². The predicted molar refractivity (Wildman–Crippen MR) is 78.5 cm³/mol. The van der Waals surface area contributed by atoms with Crippen molar-refractivity contribution in [3.8, 4) is 11.5 Å². The molecule has 0 saturated heterocycles. The molecule has 4 heteroatoms. The Morgan fingerprint density at radius 2 is 1.62 bits per heavy atom. The Labute approximate surface area is 123 Å². The predicted octanol–water partition coefficient (Wildman–Crippen LogP) is 3.88. The smallest absolute Gasteiger partial charge is 0.203 e. The number of hydrogen-bond donors (Lipinski definition) is 0. The van der Waals surface area contributed by atoms with Crippen LogP contribution in [-0.4, -0.2) is 19.0 Å². The topological polar surface area (TPSA) is 35.5 Å². The second-order valence-corrected chi connectivity index (χ2v) is 4.49. The Bertz CT molecular complexity index is 610. The molecular weight excluding hydrogens is 271 g/mol. The number of ether oxygens (including phenoxy) is 2. The van der Waals surface area contributed by atoms with Crippen LogP contribution in [0.3, 0.4) is 0 Å². The molecule has 0 aliphatic rings. The van der Waals surface area contributed by atoms with Gasteiger partial charge in [-0.2, -0.15) is 0 Å². The Kier molecular flexibility index (Phi) is 5.32. The van der Waals surface area contributed by atoms with Crippen molar-refractivity contribution in [2.45, 2.75) is 13.3 Å². The minimum atomic E-state index is -0.540. The fraction of sp³-hybridized carbons (Fsp3) is 0.235. The van der Waals surface area contributed by atoms with Gasteiger partial charge in [0.25, 0.3) is 0 Å². The quantitative estimate of drug-likeness (QED) is 0.725. The lowest BCUT2D eigenvalue weighted by Crippen LogP contribution is -2.13. The first-order valence-corrected chi connectivity index (χ1v) is 6.84. The van der Waals surface area contributed by atoms with E-state index >= 15 is 0 Å². The molecule has 0 aliphatic carbocycles. The van der Waals surface area contributed by atoms with Gasteiger partial charge >= 0.3 is 0 Å². The van der Waals surface area contributed by atoms with Crippen molar-refractivity contribution in [2.75, 3.05) is 13.2 Å². The van der Waals surface area contributed by atoms with Crippen LogP contribution in [-0.2, 0) is 0 Å². The fourth-order valence-corrected chi connectivity index (χ4v) is 1.81. The summed E-state index contributed by atoms with van der Waals surface area (Å²) in [7, 11) is 0. The zero-order valence-electron chi connectivity index (χ0n) is 11.8. The molecule has 2 aromatic rings. The summed E-state index contributed by atoms with van der Waals surface area (Å²) in [6, 6.07) is 13.0. The van der Waals surface area contributed by atoms with Crippen molar-refractivity contribution in [3.63, 3.8) is 0 Å². The van der Waals surface area contributed by atoms with E-state index in [9.17, 15) is 9.18 Å². The van der Waals surface area contributed by atoms with Crippen molar-refractivity contribution in [1.82, 2.24) is 0 Å². The van der Waals surface area contributed by atoms with Crippen LogP contribution in [0.1, 0.15) is 23.7 Å². The monoisotopic (exact) mass is 288 g/mol. The number of Topliss-reactive ketones (excluding diaryl/α,β-unsaturated/α-hetero) is 1. The van der Waals surface area contributed by atoms with Crippen LogP contribution in [0.2, 0.25) is 0 Å². The van der Waals surface area contributed by atoms with Crippen molar-refractivity contribution in [3.05, 3.63) is 59.9 Å². The summed E-state index contributed by atoms with van der Waals surface area (Å²) < 4.78 is 24.5. The summed E-state index contributed by atoms with van der Waals surface area (Å²) in [6.07, 6.45) is 0.877. The van der Waals surface area contributed by atoms with Gasteiger partial charge in [-0.25, -0.2) is 4.39 Å². The Morgan fingerprint density at radius 1 is 1.00 bits per heavy atom. The number of benzene rings is 2. The van der Waals surface area contributed by atoms with E-state index in [1.54, 1.807) is 30.3 Å². The van der Waals surface area contributed by atoms with E-state index in [2.05, 4.69) is 0 Å². The van der Waals surface area contributed by atoms with Gasteiger partial charge in [0.2, 0.25) is 5.78 Å². The summed E-state index contributed by atoms with van der Waals surface area (Å²) in [5.41, 5.74) is 0.0319. The van der Waals surface area contributed by atoms with E-state index in [0.717, 1.165) is 6.42 Å². The summed E-state index contributed by atoms with van der Waals surface area (Å²) in [4.78, 5) is 12.0. The van der Waals surface area contributed by atoms with Crippen LogP contribution in [0.5, 0.6) is 11.5 Å². The SMILES string of the molecule is CCCOc1ccccc1OCC(=O)c1ccccc1F. The van der Waals surface area contributed by atoms with Crippen molar-refractivity contribution < 1.29 is 18.7 Å². The van der Waals surface area contributed by atoms with Crippen molar-refractivity contribution >= 4 is 5.78 Å². The number of para-hydroxylation sites is 2. The largest absolute Gasteiger partial charge is 0.490 e. The molecular formula is C17H17FO3. The minimum absolute atomic E-state index is 0.0319. The second kappa shape index (κ2) is 7.43. The van der Waals surface area contributed by atoms with Crippen LogP contribution in [0.15, 0.2) is 48.5 Å². The van der Waals surface area contributed by atoms with Crippen LogP contribution in [0, 0.1) is 5.82 Å². The fourth-order valence-electron chi connectivity index (χ4n) is 1.81. The van der Waals surface area contributed by atoms with Gasteiger partial charge < -0.3 is 9.47 Å². The summed E-state index contributed by atoms with van der Waals surface area (Å²) >= 11 is 0. The molecule has 0 atom stereocenters. The van der Waals surface area contributed by atoms with Gasteiger partial charge in [0.1, 0.15) is 5.82 Å². The molecule has 0 unspecified atom stereocenters. The lowest BCUT2D eigenvalue weighted by Gasteiger charge is -2.11. The third-order valence-electron chi connectivity index (χ3n) is 2.84. The van der Waals surface area contributed by atoms with Gasteiger partial charge in [0, 0.05) is 0 Å². The molecule has 0 spiro atoms. The molecule has 0 N–H and O–H groups in total. The lowest BCUT2D eigenvalue weighted by molar-refractivity contribution is 0.0914. The molecule has 0 saturated carbocycles. The maximum atomic E-state index is 13.5. The number of rotatable bonds is 7. The molecule has 0 amide bonds. The number of carbonyl (C=O) groups excluding carboxylic acids is 1. The molecule has 0 aromatic heterocycles. The maximum absolute atomic E-state index is 13.5. The molecule has 3 nitrogen and oxygen atoms in total. The van der Waals surface area contributed by atoms with E-state index in [1.807, 2.05) is 13.0 Å².